The molecule has 0 aromatic heterocycles. The minimum absolute atomic E-state index is 0.581. The molecule has 1 aromatic rings. The molecule has 1 aromatic carbocycles. The second-order valence-corrected chi connectivity index (χ2v) is 24.4. The number of phenolic OH excluding ortho intramolecular Hbond substituents is 1. The van der Waals surface area contributed by atoms with Crippen molar-refractivity contribution >= 4 is 0 Å². The van der Waals surface area contributed by atoms with E-state index in [0.29, 0.717) is 23.5 Å². The van der Waals surface area contributed by atoms with Gasteiger partial charge in [0.15, 0.2) is 0 Å². The van der Waals surface area contributed by atoms with Gasteiger partial charge in [-0.05, 0) is 59.8 Å². The normalized spacial score (nSPS) is 13.1. The van der Waals surface area contributed by atoms with E-state index >= 15 is 0 Å². The van der Waals surface area contributed by atoms with Gasteiger partial charge in [-0.15, -0.1) is 0 Å². The molecule has 70 heavy (non-hydrogen) atoms. The maximum atomic E-state index is 11.5. The molecule has 0 bridgehead atoms. The molecule has 1 heteroatoms. The molecular weight excluding hydrogens is 845 g/mol. The van der Waals surface area contributed by atoms with Gasteiger partial charge < -0.3 is 5.11 Å². The Morgan fingerprint density at radius 2 is 0.457 bits per heavy atom. The highest BCUT2D eigenvalue weighted by Gasteiger charge is 2.19. The van der Waals surface area contributed by atoms with Crippen LogP contribution in [0.15, 0.2) is 12.1 Å². The van der Waals surface area contributed by atoms with Crippen molar-refractivity contribution in [3.8, 4) is 5.75 Å². The summed E-state index contributed by atoms with van der Waals surface area (Å²) in [6, 6.07) is 4.41. The van der Waals surface area contributed by atoms with Crippen molar-refractivity contribution in [3.05, 3.63) is 28.8 Å². The molecular formula is C69H132O. The van der Waals surface area contributed by atoms with E-state index in [1.54, 1.807) is 11.1 Å². The van der Waals surface area contributed by atoms with Crippen LogP contribution in [0.5, 0.6) is 5.75 Å². The van der Waals surface area contributed by atoms with E-state index in [0.717, 1.165) is 12.8 Å². The number of hydrogen-bond acceptors (Lipinski definition) is 1. The van der Waals surface area contributed by atoms with Crippen LogP contribution in [-0.2, 0) is 19.3 Å². The summed E-state index contributed by atoms with van der Waals surface area (Å²) in [7, 11) is 0. The van der Waals surface area contributed by atoms with Crippen LogP contribution < -0.4 is 0 Å². The highest BCUT2D eigenvalue weighted by Crippen LogP contribution is 2.34. The summed E-state index contributed by atoms with van der Waals surface area (Å²) in [5.41, 5.74) is 4.42. The SMILES string of the molecule is CCCCCCCCCCCCCCCCCCC(C)Cc1ccc(O)c(CC(C)CCCCCCCCCCCCCCCCCC)c1CC(C)CCCCCCCCCCCCCCCCCC. The van der Waals surface area contributed by atoms with Crippen LogP contribution in [0.3, 0.4) is 0 Å². The first kappa shape index (κ1) is 67.0. The second-order valence-electron chi connectivity index (χ2n) is 24.4. The number of phenols is 1. The van der Waals surface area contributed by atoms with Crippen molar-refractivity contribution in [2.75, 3.05) is 0 Å². The molecule has 1 N–H and O–H groups in total. The minimum atomic E-state index is 0.581. The highest BCUT2D eigenvalue weighted by molar-refractivity contribution is 5.45. The van der Waals surface area contributed by atoms with Crippen LogP contribution in [0.1, 0.15) is 386 Å². The lowest BCUT2D eigenvalue weighted by Gasteiger charge is -2.23. The number of rotatable bonds is 57. The molecule has 0 saturated carbocycles. The van der Waals surface area contributed by atoms with E-state index in [9.17, 15) is 5.11 Å². The molecule has 0 radical (unpaired) electrons. The molecule has 0 fully saturated rings. The van der Waals surface area contributed by atoms with E-state index in [1.807, 2.05) is 0 Å². The first-order valence-corrected chi connectivity index (χ1v) is 33.2. The molecule has 0 amide bonds. The van der Waals surface area contributed by atoms with Crippen molar-refractivity contribution in [2.24, 2.45) is 17.8 Å². The zero-order valence-electron chi connectivity index (χ0n) is 49.5. The molecule has 0 aliphatic carbocycles. The summed E-state index contributed by atoms with van der Waals surface area (Å²) in [4.78, 5) is 0. The van der Waals surface area contributed by atoms with Gasteiger partial charge in [0.05, 0.1) is 0 Å². The molecule has 414 valence electrons. The lowest BCUT2D eigenvalue weighted by atomic mass is 9.82. The van der Waals surface area contributed by atoms with Gasteiger partial charge in [0.2, 0.25) is 0 Å². The third-order valence-electron chi connectivity index (χ3n) is 16.8. The average molecular weight is 978 g/mol. The van der Waals surface area contributed by atoms with Crippen LogP contribution in [0, 0.1) is 17.8 Å². The second kappa shape index (κ2) is 52.9. The first-order chi connectivity index (χ1) is 34.4. The van der Waals surface area contributed by atoms with E-state index in [4.69, 9.17) is 0 Å². The number of benzene rings is 1. The summed E-state index contributed by atoms with van der Waals surface area (Å²) in [5.74, 6) is 2.60. The predicted octanol–water partition coefficient (Wildman–Crippen LogP) is 24.9. The van der Waals surface area contributed by atoms with Crippen LogP contribution in [0.4, 0.5) is 0 Å². The van der Waals surface area contributed by atoms with Gasteiger partial charge in [0.1, 0.15) is 5.75 Å². The van der Waals surface area contributed by atoms with Gasteiger partial charge in [-0.1, -0.05) is 375 Å². The van der Waals surface area contributed by atoms with Crippen LogP contribution in [0.2, 0.25) is 0 Å². The third kappa shape index (κ3) is 43.4. The van der Waals surface area contributed by atoms with Gasteiger partial charge in [-0.3, -0.25) is 0 Å². The fourth-order valence-electron chi connectivity index (χ4n) is 11.9. The molecule has 0 spiro atoms. The Kier molecular flexibility index (Phi) is 50.6. The Bertz CT molecular complexity index is 1170. The lowest BCUT2D eigenvalue weighted by Crippen LogP contribution is -2.12. The summed E-state index contributed by atoms with van der Waals surface area (Å²) in [6.07, 6.45) is 76.3. The third-order valence-corrected chi connectivity index (χ3v) is 16.8. The Morgan fingerprint density at radius 3 is 0.700 bits per heavy atom. The topological polar surface area (TPSA) is 20.2 Å². The van der Waals surface area contributed by atoms with Crippen LogP contribution in [-0.4, -0.2) is 5.11 Å². The van der Waals surface area contributed by atoms with E-state index < -0.39 is 0 Å². The average Bonchev–Trinajstić information content (AvgIpc) is 3.35. The Hall–Kier alpha value is -0.980. The molecule has 0 aliphatic heterocycles. The summed E-state index contributed by atoms with van der Waals surface area (Å²) in [6.45, 7) is 14.4. The predicted molar refractivity (Wildman–Crippen MR) is 319 cm³/mol. The zero-order valence-corrected chi connectivity index (χ0v) is 49.5. The number of hydrogen-bond donors (Lipinski definition) is 1. The smallest absolute Gasteiger partial charge is 0.119 e. The Labute approximate surface area is 443 Å². The Morgan fingerprint density at radius 1 is 0.257 bits per heavy atom. The molecule has 3 unspecified atom stereocenters. The monoisotopic (exact) mass is 977 g/mol. The van der Waals surface area contributed by atoms with Gasteiger partial charge in [0.25, 0.3) is 0 Å². The summed E-state index contributed by atoms with van der Waals surface area (Å²) >= 11 is 0. The van der Waals surface area contributed by atoms with Crippen molar-refractivity contribution in [1.29, 1.82) is 0 Å². The maximum absolute atomic E-state index is 11.5. The van der Waals surface area contributed by atoms with E-state index in [2.05, 4.69) is 53.7 Å². The fourth-order valence-corrected chi connectivity index (χ4v) is 11.9. The number of unbranched alkanes of at least 4 members (excludes halogenated alkanes) is 45. The lowest BCUT2D eigenvalue weighted by molar-refractivity contribution is 0.433. The molecule has 0 aliphatic rings. The van der Waals surface area contributed by atoms with Crippen LogP contribution >= 0.6 is 0 Å². The molecule has 0 heterocycles. The van der Waals surface area contributed by atoms with Crippen molar-refractivity contribution in [2.45, 2.75) is 388 Å². The van der Waals surface area contributed by atoms with Crippen LogP contribution in [0.25, 0.3) is 0 Å². The standard InChI is InChI=1S/C69H132O/c1-7-10-13-16-19-22-25-28-31-34-37-40-43-46-49-52-55-63(4)60-66-58-59-69(70)68(62-65(6)57-54-51-48-45-42-39-36-33-30-27-24-21-18-15-12-9-3)67(66)61-64(5)56-53-50-47-44-41-38-35-32-29-26-23-20-17-14-11-8-2/h58-59,63-65,70H,7-57,60-62H2,1-6H3. The van der Waals surface area contributed by atoms with Gasteiger partial charge in [-0.25, -0.2) is 0 Å². The minimum Gasteiger partial charge on any atom is -0.508 e. The Balaban J connectivity index is 2.51. The van der Waals surface area contributed by atoms with E-state index in [1.165, 1.54) is 339 Å². The molecule has 1 rings (SSSR count). The van der Waals surface area contributed by atoms with Crippen molar-refractivity contribution in [1.82, 2.24) is 0 Å². The zero-order chi connectivity index (χ0) is 50.6. The molecule has 3 atom stereocenters. The van der Waals surface area contributed by atoms with Gasteiger partial charge in [-0.2, -0.15) is 0 Å². The van der Waals surface area contributed by atoms with Gasteiger partial charge >= 0.3 is 0 Å². The van der Waals surface area contributed by atoms with E-state index in [-0.39, 0.29) is 0 Å². The highest BCUT2D eigenvalue weighted by atomic mass is 16.3. The quantitative estimate of drug-likeness (QED) is 0.0645. The fraction of sp³-hybridized carbons (Fsp3) is 0.913. The van der Waals surface area contributed by atoms with Crippen molar-refractivity contribution < 1.29 is 5.11 Å². The largest absolute Gasteiger partial charge is 0.508 e. The molecule has 1 nitrogen and oxygen atoms in total. The molecule has 0 saturated heterocycles. The van der Waals surface area contributed by atoms with Gasteiger partial charge in [0, 0.05) is 0 Å². The van der Waals surface area contributed by atoms with Crippen molar-refractivity contribution in [3.63, 3.8) is 0 Å². The maximum Gasteiger partial charge on any atom is 0.119 e. The number of aromatic hydroxyl groups is 1. The first-order valence-electron chi connectivity index (χ1n) is 33.2. The summed E-state index contributed by atoms with van der Waals surface area (Å²) < 4.78 is 0. The summed E-state index contributed by atoms with van der Waals surface area (Å²) in [5, 5.41) is 11.5.